The van der Waals surface area contributed by atoms with Crippen molar-refractivity contribution in [3.05, 3.63) is 77.9 Å². The lowest BCUT2D eigenvalue weighted by atomic mass is 10.1. The van der Waals surface area contributed by atoms with E-state index in [-0.39, 0.29) is 5.91 Å². The minimum atomic E-state index is -0.0352. The van der Waals surface area contributed by atoms with Crippen molar-refractivity contribution in [2.45, 2.75) is 19.9 Å². The van der Waals surface area contributed by atoms with Gasteiger partial charge in [-0.2, -0.15) is 0 Å². The van der Waals surface area contributed by atoms with Crippen molar-refractivity contribution in [1.29, 1.82) is 0 Å². The fraction of sp³-hybridized carbons (Fsp3) is 0.150. The minimum absolute atomic E-state index is 0.0352. The standard InChI is InChI=1S/C20H18N4O/c1-14-5-2-9-18-23-17(13-24(14)18)12-22-19(25)11-16-7-3-6-15-8-4-10-21-20(15)16/h2-10,13H,11-12H2,1H3,(H,22,25). The molecule has 4 aromatic rings. The van der Waals surface area contributed by atoms with Crippen LogP contribution in [0.2, 0.25) is 0 Å². The Labute approximate surface area is 145 Å². The van der Waals surface area contributed by atoms with Crippen LogP contribution in [0.4, 0.5) is 0 Å². The third kappa shape index (κ3) is 3.08. The Balaban J connectivity index is 1.47. The van der Waals surface area contributed by atoms with Crippen LogP contribution < -0.4 is 5.32 Å². The lowest BCUT2D eigenvalue weighted by Gasteiger charge is -2.06. The van der Waals surface area contributed by atoms with Crippen LogP contribution in [0.3, 0.4) is 0 Å². The number of para-hydroxylation sites is 1. The van der Waals surface area contributed by atoms with E-state index in [1.54, 1.807) is 6.20 Å². The van der Waals surface area contributed by atoms with Crippen molar-refractivity contribution in [1.82, 2.24) is 19.7 Å². The number of rotatable bonds is 4. The van der Waals surface area contributed by atoms with Crippen LogP contribution in [-0.4, -0.2) is 20.3 Å². The number of carbonyl (C=O) groups excluding carboxylic acids is 1. The van der Waals surface area contributed by atoms with Gasteiger partial charge in [-0.15, -0.1) is 0 Å². The summed E-state index contributed by atoms with van der Waals surface area (Å²) in [4.78, 5) is 21.3. The molecule has 124 valence electrons. The van der Waals surface area contributed by atoms with E-state index < -0.39 is 0 Å². The summed E-state index contributed by atoms with van der Waals surface area (Å²) in [6, 6.07) is 15.8. The van der Waals surface area contributed by atoms with Gasteiger partial charge < -0.3 is 9.72 Å². The quantitative estimate of drug-likeness (QED) is 0.626. The number of amides is 1. The highest BCUT2D eigenvalue weighted by molar-refractivity contribution is 5.87. The van der Waals surface area contributed by atoms with E-state index in [0.717, 1.165) is 33.5 Å². The summed E-state index contributed by atoms with van der Waals surface area (Å²) in [5, 5.41) is 4.00. The molecule has 0 saturated carbocycles. The Bertz CT molecular complexity index is 1060. The molecular weight excluding hydrogens is 312 g/mol. The normalized spacial score (nSPS) is 11.1. The Morgan fingerprint density at radius 3 is 2.84 bits per heavy atom. The number of carbonyl (C=O) groups is 1. The average Bonchev–Trinajstić information content (AvgIpc) is 3.05. The number of fused-ring (bicyclic) bond motifs is 2. The Hall–Kier alpha value is -3.21. The number of aryl methyl sites for hydroxylation is 1. The van der Waals surface area contributed by atoms with E-state index in [2.05, 4.69) is 15.3 Å². The first-order valence-corrected chi connectivity index (χ1v) is 8.23. The molecule has 0 fully saturated rings. The van der Waals surface area contributed by atoms with Gasteiger partial charge in [-0.1, -0.05) is 30.3 Å². The van der Waals surface area contributed by atoms with Crippen LogP contribution in [0.5, 0.6) is 0 Å². The number of hydrogen-bond donors (Lipinski definition) is 1. The van der Waals surface area contributed by atoms with E-state index in [1.165, 1.54) is 0 Å². The Kier molecular flexibility index (Phi) is 3.90. The van der Waals surface area contributed by atoms with Crippen molar-refractivity contribution in [2.24, 2.45) is 0 Å². The molecule has 5 nitrogen and oxygen atoms in total. The number of nitrogens with zero attached hydrogens (tertiary/aromatic N) is 3. The summed E-state index contributed by atoms with van der Waals surface area (Å²) in [6.45, 7) is 2.45. The number of imidazole rings is 1. The third-order valence-corrected chi connectivity index (χ3v) is 4.28. The lowest BCUT2D eigenvalue weighted by molar-refractivity contribution is -0.120. The molecule has 3 aromatic heterocycles. The molecule has 0 aliphatic rings. The van der Waals surface area contributed by atoms with Gasteiger partial charge in [0.2, 0.25) is 5.91 Å². The number of benzene rings is 1. The molecule has 1 N–H and O–H groups in total. The van der Waals surface area contributed by atoms with Gasteiger partial charge in [0.25, 0.3) is 0 Å². The lowest BCUT2D eigenvalue weighted by Crippen LogP contribution is -2.24. The van der Waals surface area contributed by atoms with Crippen molar-refractivity contribution in [3.8, 4) is 0 Å². The molecule has 4 rings (SSSR count). The van der Waals surface area contributed by atoms with Crippen LogP contribution in [0.25, 0.3) is 16.6 Å². The van der Waals surface area contributed by atoms with Gasteiger partial charge in [0.05, 0.1) is 24.2 Å². The number of pyridine rings is 2. The maximum atomic E-state index is 12.3. The summed E-state index contributed by atoms with van der Waals surface area (Å²) in [5.74, 6) is -0.0352. The number of nitrogens with one attached hydrogen (secondary N) is 1. The van der Waals surface area contributed by atoms with Crippen molar-refractivity contribution >= 4 is 22.5 Å². The van der Waals surface area contributed by atoms with Gasteiger partial charge in [-0.3, -0.25) is 9.78 Å². The summed E-state index contributed by atoms with van der Waals surface area (Å²) >= 11 is 0. The molecule has 0 saturated heterocycles. The second kappa shape index (κ2) is 6.36. The monoisotopic (exact) mass is 330 g/mol. The molecule has 3 heterocycles. The van der Waals surface area contributed by atoms with Crippen LogP contribution >= 0.6 is 0 Å². The zero-order chi connectivity index (χ0) is 17.2. The first-order chi connectivity index (χ1) is 12.2. The van der Waals surface area contributed by atoms with Gasteiger partial charge in [-0.25, -0.2) is 4.98 Å². The number of aromatic nitrogens is 3. The zero-order valence-corrected chi connectivity index (χ0v) is 13.9. The topological polar surface area (TPSA) is 59.3 Å². The van der Waals surface area contributed by atoms with Crippen molar-refractivity contribution < 1.29 is 4.79 Å². The first kappa shape index (κ1) is 15.3. The van der Waals surface area contributed by atoms with Gasteiger partial charge in [-0.05, 0) is 30.7 Å². The highest BCUT2D eigenvalue weighted by Gasteiger charge is 2.09. The smallest absolute Gasteiger partial charge is 0.224 e. The van der Waals surface area contributed by atoms with E-state index in [4.69, 9.17) is 0 Å². The number of hydrogen-bond acceptors (Lipinski definition) is 3. The molecular formula is C20H18N4O. The van der Waals surface area contributed by atoms with Crippen LogP contribution in [0, 0.1) is 6.92 Å². The molecule has 0 bridgehead atoms. The molecule has 0 atom stereocenters. The van der Waals surface area contributed by atoms with Crippen LogP contribution in [0.15, 0.2) is 60.9 Å². The molecule has 1 aromatic carbocycles. The molecule has 5 heteroatoms. The molecule has 0 spiro atoms. The summed E-state index contributed by atoms with van der Waals surface area (Å²) < 4.78 is 2.02. The zero-order valence-electron chi connectivity index (χ0n) is 13.9. The minimum Gasteiger partial charge on any atom is -0.350 e. The molecule has 0 aliphatic heterocycles. The molecule has 0 radical (unpaired) electrons. The van der Waals surface area contributed by atoms with Crippen molar-refractivity contribution in [3.63, 3.8) is 0 Å². The van der Waals surface area contributed by atoms with Gasteiger partial charge in [0.1, 0.15) is 5.65 Å². The maximum Gasteiger partial charge on any atom is 0.224 e. The Morgan fingerprint density at radius 1 is 1.12 bits per heavy atom. The summed E-state index contributed by atoms with van der Waals surface area (Å²) in [6.07, 6.45) is 4.02. The average molecular weight is 330 g/mol. The SMILES string of the molecule is Cc1cccc2nc(CNC(=O)Cc3cccc4cccnc34)cn12. The van der Waals surface area contributed by atoms with E-state index >= 15 is 0 Å². The second-order valence-corrected chi connectivity index (χ2v) is 6.07. The van der Waals surface area contributed by atoms with Crippen LogP contribution in [-0.2, 0) is 17.8 Å². The van der Waals surface area contributed by atoms with E-state index in [1.807, 2.05) is 66.1 Å². The first-order valence-electron chi connectivity index (χ1n) is 8.23. The highest BCUT2D eigenvalue weighted by Crippen LogP contribution is 2.16. The molecule has 0 aliphatic carbocycles. The van der Waals surface area contributed by atoms with Gasteiger partial charge in [0.15, 0.2) is 0 Å². The summed E-state index contributed by atoms with van der Waals surface area (Å²) in [5.41, 5.74) is 4.66. The third-order valence-electron chi connectivity index (χ3n) is 4.28. The molecule has 1 amide bonds. The Morgan fingerprint density at radius 2 is 1.96 bits per heavy atom. The van der Waals surface area contributed by atoms with Gasteiger partial charge in [0, 0.05) is 23.5 Å². The van der Waals surface area contributed by atoms with Crippen molar-refractivity contribution in [2.75, 3.05) is 0 Å². The maximum absolute atomic E-state index is 12.3. The van der Waals surface area contributed by atoms with E-state index in [9.17, 15) is 4.79 Å². The summed E-state index contributed by atoms with van der Waals surface area (Å²) in [7, 11) is 0. The predicted octanol–water partition coefficient (Wildman–Crippen LogP) is 3.05. The fourth-order valence-electron chi connectivity index (χ4n) is 3.02. The highest BCUT2D eigenvalue weighted by atomic mass is 16.1. The van der Waals surface area contributed by atoms with Gasteiger partial charge >= 0.3 is 0 Å². The fourth-order valence-corrected chi connectivity index (χ4v) is 3.02. The molecule has 25 heavy (non-hydrogen) atoms. The van der Waals surface area contributed by atoms with Crippen LogP contribution in [0.1, 0.15) is 17.0 Å². The van der Waals surface area contributed by atoms with E-state index in [0.29, 0.717) is 13.0 Å². The second-order valence-electron chi connectivity index (χ2n) is 6.07. The predicted molar refractivity (Wildman–Crippen MR) is 97.2 cm³/mol. The largest absolute Gasteiger partial charge is 0.350 e. The molecule has 0 unspecified atom stereocenters.